The highest BCUT2D eigenvalue weighted by Crippen LogP contribution is 2.28. The number of halogens is 4. The Morgan fingerprint density at radius 3 is 2.65 bits per heavy atom. The van der Waals surface area contributed by atoms with Gasteiger partial charge in [0.1, 0.15) is 11.0 Å². The van der Waals surface area contributed by atoms with Crippen LogP contribution in [-0.2, 0) is 6.18 Å². The number of rotatable bonds is 4. The Hall–Kier alpha value is -1.08. The van der Waals surface area contributed by atoms with Gasteiger partial charge in [-0.1, -0.05) is 11.6 Å². The molecular formula is C9H11ClF3N3O. The molecule has 0 bridgehead atoms. The van der Waals surface area contributed by atoms with Gasteiger partial charge in [-0.05, 0) is 13.3 Å². The number of nitrogens with one attached hydrogen (secondary N) is 1. The predicted octanol–water partition coefficient (Wildman–Crippen LogP) is 2.33. The van der Waals surface area contributed by atoms with Crippen LogP contribution in [0.1, 0.15) is 19.2 Å². The van der Waals surface area contributed by atoms with Gasteiger partial charge in [0.15, 0.2) is 0 Å². The topological polar surface area (TPSA) is 58.0 Å². The molecule has 0 saturated carbocycles. The van der Waals surface area contributed by atoms with E-state index in [-0.39, 0.29) is 23.6 Å². The van der Waals surface area contributed by atoms with Gasteiger partial charge in [-0.25, -0.2) is 9.97 Å². The molecular weight excluding hydrogens is 259 g/mol. The summed E-state index contributed by atoms with van der Waals surface area (Å²) in [5.41, 5.74) is 0. The maximum Gasteiger partial charge on any atom is 0.451 e. The largest absolute Gasteiger partial charge is 0.451 e. The van der Waals surface area contributed by atoms with Crippen molar-refractivity contribution in [3.63, 3.8) is 0 Å². The SMILES string of the molecule is CC(CCO)Nc1cc(Cl)nc(C(F)(F)F)n1. The molecule has 1 aromatic rings. The Kier molecular flexibility index (Phi) is 4.53. The fourth-order valence-electron chi connectivity index (χ4n) is 1.14. The van der Waals surface area contributed by atoms with E-state index in [0.29, 0.717) is 6.42 Å². The molecule has 0 aromatic carbocycles. The van der Waals surface area contributed by atoms with E-state index < -0.39 is 12.0 Å². The molecule has 0 saturated heterocycles. The van der Waals surface area contributed by atoms with Crippen molar-refractivity contribution in [2.75, 3.05) is 11.9 Å². The first-order valence-electron chi connectivity index (χ1n) is 4.82. The average Bonchev–Trinajstić information content (AvgIpc) is 2.15. The minimum absolute atomic E-state index is 0.0155. The summed E-state index contributed by atoms with van der Waals surface area (Å²) in [5.74, 6) is -1.30. The molecule has 0 aliphatic carbocycles. The van der Waals surface area contributed by atoms with Gasteiger partial charge in [-0.2, -0.15) is 13.2 Å². The van der Waals surface area contributed by atoms with Crippen molar-refractivity contribution in [3.8, 4) is 0 Å². The summed E-state index contributed by atoms with van der Waals surface area (Å²) in [7, 11) is 0. The molecule has 1 heterocycles. The van der Waals surface area contributed by atoms with E-state index in [2.05, 4.69) is 15.3 Å². The summed E-state index contributed by atoms with van der Waals surface area (Å²) in [4.78, 5) is 6.41. The molecule has 17 heavy (non-hydrogen) atoms. The van der Waals surface area contributed by atoms with Crippen molar-refractivity contribution >= 4 is 17.4 Å². The lowest BCUT2D eigenvalue weighted by Crippen LogP contribution is -2.19. The van der Waals surface area contributed by atoms with Crippen molar-refractivity contribution in [1.29, 1.82) is 0 Å². The van der Waals surface area contributed by atoms with Gasteiger partial charge >= 0.3 is 6.18 Å². The zero-order chi connectivity index (χ0) is 13.1. The third kappa shape index (κ3) is 4.35. The standard InChI is InChI=1S/C9H11ClF3N3O/c1-5(2-3-17)14-7-4-6(10)15-8(16-7)9(11,12)13/h4-5,17H,2-3H2,1H3,(H,14,15,16). The first-order valence-corrected chi connectivity index (χ1v) is 5.20. The molecule has 0 fully saturated rings. The normalized spacial score (nSPS) is 13.5. The van der Waals surface area contributed by atoms with Crippen molar-refractivity contribution < 1.29 is 18.3 Å². The van der Waals surface area contributed by atoms with Crippen LogP contribution in [0, 0.1) is 0 Å². The summed E-state index contributed by atoms with van der Waals surface area (Å²) in [6, 6.07) is 0.983. The van der Waals surface area contributed by atoms with Gasteiger partial charge < -0.3 is 10.4 Å². The second-order valence-corrected chi connectivity index (χ2v) is 3.84. The first-order chi connectivity index (χ1) is 7.82. The van der Waals surface area contributed by atoms with Crippen molar-refractivity contribution in [2.45, 2.75) is 25.6 Å². The van der Waals surface area contributed by atoms with Crippen LogP contribution in [0.4, 0.5) is 19.0 Å². The lowest BCUT2D eigenvalue weighted by Gasteiger charge is -2.14. The smallest absolute Gasteiger partial charge is 0.396 e. The number of nitrogens with zero attached hydrogens (tertiary/aromatic N) is 2. The molecule has 0 radical (unpaired) electrons. The van der Waals surface area contributed by atoms with Crippen LogP contribution in [0.2, 0.25) is 5.15 Å². The number of aliphatic hydroxyl groups excluding tert-OH is 1. The minimum Gasteiger partial charge on any atom is -0.396 e. The number of aromatic nitrogens is 2. The number of alkyl halides is 3. The highest BCUT2D eigenvalue weighted by Gasteiger charge is 2.35. The molecule has 4 nitrogen and oxygen atoms in total. The number of anilines is 1. The van der Waals surface area contributed by atoms with E-state index in [0.717, 1.165) is 0 Å². The van der Waals surface area contributed by atoms with E-state index >= 15 is 0 Å². The van der Waals surface area contributed by atoms with Gasteiger partial charge in [0.2, 0.25) is 5.82 Å². The zero-order valence-corrected chi connectivity index (χ0v) is 9.68. The van der Waals surface area contributed by atoms with Crippen LogP contribution < -0.4 is 5.32 Å². The van der Waals surface area contributed by atoms with Crippen LogP contribution in [0.3, 0.4) is 0 Å². The summed E-state index contributed by atoms with van der Waals surface area (Å²) in [6.07, 6.45) is -4.25. The van der Waals surface area contributed by atoms with Crippen LogP contribution in [0.25, 0.3) is 0 Å². The van der Waals surface area contributed by atoms with Crippen LogP contribution in [-0.4, -0.2) is 27.7 Å². The molecule has 96 valence electrons. The van der Waals surface area contributed by atoms with Gasteiger partial charge in [0.25, 0.3) is 0 Å². The van der Waals surface area contributed by atoms with Gasteiger partial charge in [0.05, 0.1) is 0 Å². The Balaban J connectivity index is 2.90. The average molecular weight is 270 g/mol. The second-order valence-electron chi connectivity index (χ2n) is 3.45. The monoisotopic (exact) mass is 269 g/mol. The second kappa shape index (κ2) is 5.50. The molecule has 0 spiro atoms. The zero-order valence-electron chi connectivity index (χ0n) is 8.92. The van der Waals surface area contributed by atoms with Crippen LogP contribution >= 0.6 is 11.6 Å². The molecule has 2 N–H and O–H groups in total. The highest BCUT2D eigenvalue weighted by atomic mass is 35.5. The number of aliphatic hydroxyl groups is 1. The fourth-order valence-corrected chi connectivity index (χ4v) is 1.32. The molecule has 0 aliphatic heterocycles. The molecule has 0 aliphatic rings. The molecule has 1 aromatic heterocycles. The summed E-state index contributed by atoms with van der Waals surface area (Å²) >= 11 is 5.48. The van der Waals surface area contributed by atoms with E-state index in [1.807, 2.05) is 0 Å². The summed E-state index contributed by atoms with van der Waals surface area (Å²) in [6.45, 7) is 1.64. The molecule has 1 atom stereocenters. The van der Waals surface area contributed by atoms with Gasteiger partial charge in [0, 0.05) is 18.7 Å². The third-order valence-corrected chi connectivity index (χ3v) is 2.10. The maximum absolute atomic E-state index is 12.4. The minimum atomic E-state index is -4.64. The fraction of sp³-hybridized carbons (Fsp3) is 0.556. The Morgan fingerprint density at radius 2 is 2.12 bits per heavy atom. The predicted molar refractivity (Wildman–Crippen MR) is 56.8 cm³/mol. The first kappa shape index (κ1) is 14.0. The quantitative estimate of drug-likeness (QED) is 0.824. The van der Waals surface area contributed by atoms with Gasteiger partial charge in [-0.3, -0.25) is 0 Å². The highest BCUT2D eigenvalue weighted by molar-refractivity contribution is 6.29. The Bertz CT molecular complexity index is 386. The molecule has 0 amide bonds. The van der Waals surface area contributed by atoms with E-state index in [1.54, 1.807) is 6.92 Å². The third-order valence-electron chi connectivity index (χ3n) is 1.90. The maximum atomic E-state index is 12.4. The number of hydrogen-bond donors (Lipinski definition) is 2. The molecule has 1 unspecified atom stereocenters. The number of hydrogen-bond acceptors (Lipinski definition) is 4. The van der Waals surface area contributed by atoms with Gasteiger partial charge in [-0.15, -0.1) is 0 Å². The van der Waals surface area contributed by atoms with Crippen molar-refractivity contribution in [1.82, 2.24) is 9.97 Å². The van der Waals surface area contributed by atoms with E-state index in [9.17, 15) is 13.2 Å². The van der Waals surface area contributed by atoms with E-state index in [4.69, 9.17) is 16.7 Å². The summed E-state index contributed by atoms with van der Waals surface area (Å²) in [5, 5.41) is 11.1. The lowest BCUT2D eigenvalue weighted by atomic mass is 10.2. The van der Waals surface area contributed by atoms with Crippen LogP contribution in [0.15, 0.2) is 6.07 Å². The lowest BCUT2D eigenvalue weighted by molar-refractivity contribution is -0.144. The summed E-state index contributed by atoms with van der Waals surface area (Å²) < 4.78 is 37.1. The van der Waals surface area contributed by atoms with Crippen molar-refractivity contribution in [2.24, 2.45) is 0 Å². The van der Waals surface area contributed by atoms with E-state index in [1.165, 1.54) is 6.07 Å². The molecule has 1 rings (SSSR count). The van der Waals surface area contributed by atoms with Crippen LogP contribution in [0.5, 0.6) is 0 Å². The van der Waals surface area contributed by atoms with Crippen molar-refractivity contribution in [3.05, 3.63) is 17.0 Å². The Labute approximate surface area is 101 Å². The Morgan fingerprint density at radius 1 is 1.47 bits per heavy atom. The molecule has 8 heteroatoms.